The van der Waals surface area contributed by atoms with E-state index in [-0.39, 0.29) is 6.04 Å². The fourth-order valence-corrected chi connectivity index (χ4v) is 1.94. The Balaban J connectivity index is 2.24. The van der Waals surface area contributed by atoms with Crippen LogP contribution in [0.2, 0.25) is 0 Å². The van der Waals surface area contributed by atoms with Crippen LogP contribution >= 0.6 is 0 Å². The first-order valence-corrected chi connectivity index (χ1v) is 7.82. The molecule has 3 heteroatoms. The normalized spacial score (nSPS) is 12.5. The molecule has 1 N–H and O–H groups in total. The van der Waals surface area contributed by atoms with Gasteiger partial charge < -0.3 is 14.8 Å². The van der Waals surface area contributed by atoms with Crippen molar-refractivity contribution < 1.29 is 9.47 Å². The number of nitrogens with one attached hydrogen (secondary N) is 1. The fraction of sp³-hybridized carbons (Fsp3) is 0.647. The smallest absolute Gasteiger partial charge is 0.0701 e. The monoisotopic (exact) mass is 279 g/mol. The van der Waals surface area contributed by atoms with Gasteiger partial charge in [-0.15, -0.1) is 0 Å². The van der Waals surface area contributed by atoms with Gasteiger partial charge in [-0.1, -0.05) is 50.6 Å². The maximum Gasteiger partial charge on any atom is 0.0701 e. The van der Waals surface area contributed by atoms with Crippen LogP contribution in [0.15, 0.2) is 30.3 Å². The van der Waals surface area contributed by atoms with Gasteiger partial charge in [-0.2, -0.15) is 0 Å². The lowest BCUT2D eigenvalue weighted by Gasteiger charge is -2.19. The molecule has 0 fully saturated rings. The first-order chi connectivity index (χ1) is 9.88. The summed E-state index contributed by atoms with van der Waals surface area (Å²) in [5.41, 5.74) is 1.29. The van der Waals surface area contributed by atoms with Crippen LogP contribution in [-0.4, -0.2) is 33.0 Å². The van der Waals surface area contributed by atoms with E-state index in [9.17, 15) is 0 Å². The van der Waals surface area contributed by atoms with Crippen LogP contribution in [0, 0.1) is 0 Å². The minimum Gasteiger partial charge on any atom is -0.379 e. The van der Waals surface area contributed by atoms with Gasteiger partial charge in [-0.3, -0.25) is 0 Å². The standard InChI is InChI=1S/C17H29NO2/c1-3-5-12-19-13-14-20-15-17(18-11-4-2)16-9-7-6-8-10-16/h6-10,17-18H,3-5,11-15H2,1-2H3. The van der Waals surface area contributed by atoms with Gasteiger partial charge in [0.1, 0.15) is 0 Å². The minimum absolute atomic E-state index is 0.270. The van der Waals surface area contributed by atoms with Gasteiger partial charge in [0.25, 0.3) is 0 Å². The zero-order valence-corrected chi connectivity index (χ0v) is 12.9. The summed E-state index contributed by atoms with van der Waals surface area (Å²) >= 11 is 0. The third-order valence-corrected chi connectivity index (χ3v) is 3.14. The molecule has 0 bridgehead atoms. The van der Waals surface area contributed by atoms with Crippen LogP contribution in [0.1, 0.15) is 44.7 Å². The number of hydrogen-bond acceptors (Lipinski definition) is 3. The molecule has 0 aliphatic heterocycles. The molecule has 3 nitrogen and oxygen atoms in total. The number of hydrogen-bond donors (Lipinski definition) is 1. The number of benzene rings is 1. The van der Waals surface area contributed by atoms with E-state index in [0.717, 1.165) is 26.0 Å². The van der Waals surface area contributed by atoms with Crippen molar-refractivity contribution in [3.63, 3.8) is 0 Å². The Morgan fingerprint density at radius 2 is 1.70 bits per heavy atom. The van der Waals surface area contributed by atoms with Crippen molar-refractivity contribution in [2.75, 3.05) is 33.0 Å². The lowest BCUT2D eigenvalue weighted by atomic mass is 10.1. The van der Waals surface area contributed by atoms with Crippen LogP contribution in [0.5, 0.6) is 0 Å². The van der Waals surface area contributed by atoms with E-state index >= 15 is 0 Å². The molecule has 0 saturated carbocycles. The van der Waals surface area contributed by atoms with Crippen LogP contribution in [0.4, 0.5) is 0 Å². The molecule has 1 rings (SSSR count). The Bertz CT molecular complexity index is 316. The highest BCUT2D eigenvalue weighted by Crippen LogP contribution is 2.12. The first-order valence-electron chi connectivity index (χ1n) is 7.82. The van der Waals surface area contributed by atoms with E-state index in [4.69, 9.17) is 9.47 Å². The molecule has 1 atom stereocenters. The molecule has 20 heavy (non-hydrogen) atoms. The van der Waals surface area contributed by atoms with E-state index in [2.05, 4.69) is 43.4 Å². The maximum atomic E-state index is 5.74. The molecule has 114 valence electrons. The second-order valence-electron chi connectivity index (χ2n) is 4.96. The molecule has 0 radical (unpaired) electrons. The molecule has 0 heterocycles. The minimum atomic E-state index is 0.270. The van der Waals surface area contributed by atoms with Gasteiger partial charge in [0.05, 0.1) is 25.9 Å². The van der Waals surface area contributed by atoms with Crippen molar-refractivity contribution in [2.24, 2.45) is 0 Å². The van der Waals surface area contributed by atoms with Gasteiger partial charge >= 0.3 is 0 Å². The molecular formula is C17H29NO2. The SMILES string of the molecule is CCCCOCCOCC(NCCC)c1ccccc1. The van der Waals surface area contributed by atoms with E-state index in [1.54, 1.807) is 0 Å². The molecule has 1 unspecified atom stereocenters. The first kappa shape index (κ1) is 17.2. The van der Waals surface area contributed by atoms with Gasteiger partial charge in [0, 0.05) is 6.61 Å². The van der Waals surface area contributed by atoms with Crippen LogP contribution in [0.3, 0.4) is 0 Å². The van der Waals surface area contributed by atoms with E-state index in [1.165, 1.54) is 12.0 Å². The predicted molar refractivity (Wildman–Crippen MR) is 84.0 cm³/mol. The largest absolute Gasteiger partial charge is 0.379 e. The molecule has 0 aromatic heterocycles. The molecule has 1 aromatic carbocycles. The average molecular weight is 279 g/mol. The van der Waals surface area contributed by atoms with Crippen molar-refractivity contribution in [3.05, 3.63) is 35.9 Å². The molecule has 0 amide bonds. The third kappa shape index (κ3) is 7.63. The Morgan fingerprint density at radius 1 is 0.950 bits per heavy atom. The predicted octanol–water partition coefficient (Wildman–Crippen LogP) is 3.56. The Kier molecular flexibility index (Phi) is 10.2. The zero-order chi connectivity index (χ0) is 14.5. The Morgan fingerprint density at radius 3 is 2.40 bits per heavy atom. The summed E-state index contributed by atoms with van der Waals surface area (Å²) < 4.78 is 11.2. The van der Waals surface area contributed by atoms with E-state index in [1.807, 2.05) is 6.07 Å². The second-order valence-corrected chi connectivity index (χ2v) is 4.96. The summed E-state index contributed by atoms with van der Waals surface area (Å²) in [6.45, 7) is 8.25. The molecular weight excluding hydrogens is 250 g/mol. The quantitative estimate of drug-likeness (QED) is 0.593. The van der Waals surface area contributed by atoms with Crippen molar-refractivity contribution in [3.8, 4) is 0 Å². The lowest BCUT2D eigenvalue weighted by Crippen LogP contribution is -2.27. The molecule has 0 aliphatic carbocycles. The topological polar surface area (TPSA) is 30.5 Å². The second kappa shape index (κ2) is 11.9. The van der Waals surface area contributed by atoms with Crippen LogP contribution in [0.25, 0.3) is 0 Å². The zero-order valence-electron chi connectivity index (χ0n) is 12.9. The van der Waals surface area contributed by atoms with Gasteiger partial charge in [-0.25, -0.2) is 0 Å². The van der Waals surface area contributed by atoms with Gasteiger partial charge in [-0.05, 0) is 24.9 Å². The summed E-state index contributed by atoms with van der Waals surface area (Å²) in [5, 5.41) is 3.53. The number of rotatable bonds is 12. The van der Waals surface area contributed by atoms with Crippen molar-refractivity contribution in [1.29, 1.82) is 0 Å². The highest BCUT2D eigenvalue weighted by atomic mass is 16.5. The summed E-state index contributed by atoms with van der Waals surface area (Å²) in [7, 11) is 0. The van der Waals surface area contributed by atoms with E-state index in [0.29, 0.717) is 19.8 Å². The molecule has 0 aliphatic rings. The summed E-state index contributed by atoms with van der Waals surface area (Å²) in [6, 6.07) is 10.8. The summed E-state index contributed by atoms with van der Waals surface area (Å²) in [6.07, 6.45) is 3.44. The molecule has 0 spiro atoms. The van der Waals surface area contributed by atoms with Gasteiger partial charge in [0.15, 0.2) is 0 Å². The average Bonchev–Trinajstić information content (AvgIpc) is 2.50. The summed E-state index contributed by atoms with van der Waals surface area (Å²) in [4.78, 5) is 0. The Hall–Kier alpha value is -0.900. The van der Waals surface area contributed by atoms with E-state index < -0.39 is 0 Å². The number of unbranched alkanes of at least 4 members (excludes halogenated alkanes) is 1. The summed E-state index contributed by atoms with van der Waals surface area (Å²) in [5.74, 6) is 0. The fourth-order valence-electron chi connectivity index (χ4n) is 1.94. The van der Waals surface area contributed by atoms with Crippen molar-refractivity contribution in [1.82, 2.24) is 5.32 Å². The lowest BCUT2D eigenvalue weighted by molar-refractivity contribution is 0.0380. The van der Waals surface area contributed by atoms with Crippen LogP contribution < -0.4 is 5.32 Å². The Labute approximate surface area is 123 Å². The van der Waals surface area contributed by atoms with Crippen molar-refractivity contribution >= 4 is 0 Å². The maximum absolute atomic E-state index is 5.74. The third-order valence-electron chi connectivity index (χ3n) is 3.14. The van der Waals surface area contributed by atoms with Crippen molar-refractivity contribution in [2.45, 2.75) is 39.2 Å². The highest BCUT2D eigenvalue weighted by molar-refractivity contribution is 5.18. The van der Waals surface area contributed by atoms with Gasteiger partial charge in [0.2, 0.25) is 0 Å². The number of ether oxygens (including phenoxy) is 2. The molecule has 0 saturated heterocycles. The molecule has 1 aromatic rings. The van der Waals surface area contributed by atoms with Crippen LogP contribution in [-0.2, 0) is 9.47 Å². The highest BCUT2D eigenvalue weighted by Gasteiger charge is 2.09.